The third-order valence-corrected chi connectivity index (χ3v) is 3.22. The van der Waals surface area contributed by atoms with E-state index in [0.717, 1.165) is 22.1 Å². The summed E-state index contributed by atoms with van der Waals surface area (Å²) in [6, 6.07) is 14.6. The summed E-state index contributed by atoms with van der Waals surface area (Å²) in [7, 11) is 0. The van der Waals surface area contributed by atoms with Crippen molar-refractivity contribution in [3.8, 4) is 0 Å². The van der Waals surface area contributed by atoms with Crippen LogP contribution in [0.2, 0.25) is 0 Å². The third kappa shape index (κ3) is 2.11. The molecule has 2 aromatic heterocycles. The Morgan fingerprint density at radius 2 is 1.94 bits per heavy atom. The molecule has 0 N–H and O–H groups in total. The molecule has 0 atom stereocenters. The van der Waals surface area contributed by atoms with Crippen LogP contribution in [0.15, 0.2) is 59.3 Å². The zero-order chi connectivity index (χ0) is 11.7. The minimum Gasteiger partial charge on any atom is -0.342 e. The number of fused-ring (bicyclic) bond motifs is 1. The number of halogens is 1. The number of nitrogens with zero attached hydrogens (tertiary/aromatic N) is 2. The summed E-state index contributed by atoms with van der Waals surface area (Å²) in [4.78, 5) is 4.38. The summed E-state index contributed by atoms with van der Waals surface area (Å²) in [6.45, 7) is 0.877. The van der Waals surface area contributed by atoms with E-state index in [4.69, 9.17) is 0 Å². The molecule has 0 fully saturated rings. The minimum atomic E-state index is 0.877. The van der Waals surface area contributed by atoms with Crippen LogP contribution in [0, 0.1) is 0 Å². The number of hydrogen-bond donors (Lipinski definition) is 0. The Hall–Kier alpha value is -1.61. The van der Waals surface area contributed by atoms with Crippen molar-refractivity contribution in [1.29, 1.82) is 0 Å². The molecule has 0 aliphatic heterocycles. The third-order valence-electron chi connectivity index (χ3n) is 2.78. The lowest BCUT2D eigenvalue weighted by molar-refractivity contribution is 0.836. The van der Waals surface area contributed by atoms with E-state index in [2.05, 4.69) is 62.0 Å². The molecule has 2 nitrogen and oxygen atoms in total. The van der Waals surface area contributed by atoms with Gasteiger partial charge in [-0.2, -0.15) is 0 Å². The van der Waals surface area contributed by atoms with Crippen LogP contribution >= 0.6 is 15.9 Å². The predicted molar refractivity (Wildman–Crippen MR) is 73.0 cm³/mol. The lowest BCUT2D eigenvalue weighted by atomic mass is 10.2. The van der Waals surface area contributed by atoms with Gasteiger partial charge in [0.15, 0.2) is 0 Å². The van der Waals surface area contributed by atoms with Gasteiger partial charge in [0.2, 0.25) is 0 Å². The number of aromatic nitrogens is 2. The molecule has 0 radical (unpaired) electrons. The summed E-state index contributed by atoms with van der Waals surface area (Å²) < 4.78 is 3.22. The number of benzene rings is 1. The fourth-order valence-electron chi connectivity index (χ4n) is 1.96. The zero-order valence-corrected chi connectivity index (χ0v) is 10.8. The van der Waals surface area contributed by atoms with Gasteiger partial charge in [-0.1, -0.05) is 30.3 Å². The normalized spacial score (nSPS) is 10.9. The predicted octanol–water partition coefficient (Wildman–Crippen LogP) is 3.85. The maximum Gasteiger partial charge on any atom is 0.0881 e. The van der Waals surface area contributed by atoms with E-state index in [1.165, 1.54) is 5.56 Å². The first-order chi connectivity index (χ1) is 8.33. The molecule has 0 aliphatic rings. The fourth-order valence-corrected chi connectivity index (χ4v) is 2.28. The van der Waals surface area contributed by atoms with Gasteiger partial charge in [-0.25, -0.2) is 0 Å². The lowest BCUT2D eigenvalue weighted by Crippen LogP contribution is -1.97. The maximum atomic E-state index is 4.38. The van der Waals surface area contributed by atoms with E-state index in [-0.39, 0.29) is 0 Å². The Morgan fingerprint density at radius 1 is 1.12 bits per heavy atom. The molecule has 0 amide bonds. The molecule has 17 heavy (non-hydrogen) atoms. The van der Waals surface area contributed by atoms with Crippen molar-refractivity contribution in [2.75, 3.05) is 0 Å². The van der Waals surface area contributed by atoms with Crippen molar-refractivity contribution in [3.05, 3.63) is 64.9 Å². The van der Waals surface area contributed by atoms with Gasteiger partial charge in [0.1, 0.15) is 0 Å². The Balaban J connectivity index is 2.03. The largest absolute Gasteiger partial charge is 0.342 e. The van der Waals surface area contributed by atoms with E-state index in [1.807, 2.05) is 18.3 Å². The Kier molecular flexibility index (Phi) is 2.69. The highest BCUT2D eigenvalue weighted by Gasteiger charge is 2.03. The Labute approximate surface area is 108 Å². The van der Waals surface area contributed by atoms with Crippen LogP contribution in [0.5, 0.6) is 0 Å². The molecule has 2 heterocycles. The van der Waals surface area contributed by atoms with Crippen LogP contribution in [0.1, 0.15) is 5.56 Å². The molecule has 0 unspecified atom stereocenters. The van der Waals surface area contributed by atoms with Gasteiger partial charge in [-0.05, 0) is 33.6 Å². The van der Waals surface area contributed by atoms with Crippen LogP contribution in [-0.4, -0.2) is 9.55 Å². The van der Waals surface area contributed by atoms with Crippen LogP contribution in [0.4, 0.5) is 0 Å². The van der Waals surface area contributed by atoms with E-state index < -0.39 is 0 Å². The van der Waals surface area contributed by atoms with Crippen LogP contribution < -0.4 is 0 Å². The van der Waals surface area contributed by atoms with Gasteiger partial charge in [0.25, 0.3) is 0 Å². The standard InChI is InChI=1S/C14H11BrN2/c15-12-8-14-13(16-9-12)6-7-17(14)10-11-4-2-1-3-5-11/h1-9H,10H2. The van der Waals surface area contributed by atoms with Gasteiger partial charge >= 0.3 is 0 Å². The highest BCUT2D eigenvalue weighted by Crippen LogP contribution is 2.19. The van der Waals surface area contributed by atoms with E-state index in [9.17, 15) is 0 Å². The van der Waals surface area contributed by atoms with Crippen molar-refractivity contribution >= 4 is 27.0 Å². The summed E-state index contributed by atoms with van der Waals surface area (Å²) >= 11 is 3.46. The van der Waals surface area contributed by atoms with E-state index in [0.29, 0.717) is 0 Å². The summed E-state index contributed by atoms with van der Waals surface area (Å²) in [6.07, 6.45) is 3.91. The molecule has 0 aliphatic carbocycles. The minimum absolute atomic E-state index is 0.877. The summed E-state index contributed by atoms with van der Waals surface area (Å²) in [5.41, 5.74) is 3.48. The first kappa shape index (κ1) is 10.5. The molecule has 0 saturated carbocycles. The van der Waals surface area contributed by atoms with Gasteiger partial charge in [-0.15, -0.1) is 0 Å². The average molecular weight is 287 g/mol. The van der Waals surface area contributed by atoms with Crippen LogP contribution in [0.3, 0.4) is 0 Å². The van der Waals surface area contributed by atoms with Crippen molar-refractivity contribution in [2.24, 2.45) is 0 Å². The molecule has 3 rings (SSSR count). The maximum absolute atomic E-state index is 4.38. The monoisotopic (exact) mass is 286 g/mol. The smallest absolute Gasteiger partial charge is 0.0881 e. The van der Waals surface area contributed by atoms with Crippen LogP contribution in [-0.2, 0) is 6.54 Å². The van der Waals surface area contributed by atoms with Crippen molar-refractivity contribution in [2.45, 2.75) is 6.54 Å². The first-order valence-electron chi connectivity index (χ1n) is 5.47. The summed E-state index contributed by atoms with van der Waals surface area (Å²) in [5, 5.41) is 0. The Bertz CT molecular complexity index is 644. The van der Waals surface area contributed by atoms with E-state index >= 15 is 0 Å². The molecular formula is C14H11BrN2. The highest BCUT2D eigenvalue weighted by atomic mass is 79.9. The first-order valence-corrected chi connectivity index (χ1v) is 6.26. The zero-order valence-electron chi connectivity index (χ0n) is 9.18. The lowest BCUT2D eigenvalue weighted by Gasteiger charge is -2.05. The second-order valence-electron chi connectivity index (χ2n) is 3.99. The fraction of sp³-hybridized carbons (Fsp3) is 0.0714. The van der Waals surface area contributed by atoms with Crippen LogP contribution in [0.25, 0.3) is 11.0 Å². The molecule has 0 saturated heterocycles. The number of pyridine rings is 1. The SMILES string of the molecule is Brc1cnc2ccn(Cc3ccccc3)c2c1. The molecule has 0 spiro atoms. The molecule has 84 valence electrons. The second kappa shape index (κ2) is 4.34. The molecule has 0 bridgehead atoms. The second-order valence-corrected chi connectivity index (χ2v) is 4.90. The molecule has 3 heteroatoms. The molecule has 1 aromatic carbocycles. The quantitative estimate of drug-likeness (QED) is 0.700. The van der Waals surface area contributed by atoms with Crippen molar-refractivity contribution in [3.63, 3.8) is 0 Å². The summed E-state index contributed by atoms with van der Waals surface area (Å²) in [5.74, 6) is 0. The Morgan fingerprint density at radius 3 is 2.76 bits per heavy atom. The molecular weight excluding hydrogens is 276 g/mol. The topological polar surface area (TPSA) is 17.8 Å². The molecule has 3 aromatic rings. The number of rotatable bonds is 2. The van der Waals surface area contributed by atoms with E-state index in [1.54, 1.807) is 0 Å². The van der Waals surface area contributed by atoms with Gasteiger partial charge < -0.3 is 4.57 Å². The van der Waals surface area contributed by atoms with Gasteiger partial charge in [0, 0.05) is 23.4 Å². The average Bonchev–Trinajstić information content (AvgIpc) is 2.73. The van der Waals surface area contributed by atoms with Gasteiger partial charge in [0.05, 0.1) is 11.0 Å². The highest BCUT2D eigenvalue weighted by molar-refractivity contribution is 9.10. The van der Waals surface area contributed by atoms with Crippen molar-refractivity contribution < 1.29 is 0 Å². The van der Waals surface area contributed by atoms with Crippen molar-refractivity contribution in [1.82, 2.24) is 9.55 Å². The number of hydrogen-bond acceptors (Lipinski definition) is 1. The van der Waals surface area contributed by atoms with Gasteiger partial charge in [-0.3, -0.25) is 4.98 Å².